The van der Waals surface area contributed by atoms with E-state index in [-0.39, 0.29) is 18.3 Å². The molecule has 1 aliphatic rings. The van der Waals surface area contributed by atoms with Gasteiger partial charge in [0.1, 0.15) is 5.75 Å². The minimum absolute atomic E-state index is 0.315. The fourth-order valence-electron chi connectivity index (χ4n) is 2.13. The van der Waals surface area contributed by atoms with Crippen LogP contribution in [-0.4, -0.2) is 24.9 Å². The van der Waals surface area contributed by atoms with Crippen molar-refractivity contribution < 1.29 is 14.0 Å². The third-order valence-corrected chi connectivity index (χ3v) is 4.20. The van der Waals surface area contributed by atoms with E-state index in [9.17, 15) is 0 Å². The molecule has 1 aromatic rings. The van der Waals surface area contributed by atoms with Gasteiger partial charge in [-0.3, -0.25) is 0 Å². The Labute approximate surface area is 134 Å². The molecule has 1 aromatic carbocycles. The monoisotopic (exact) mass is 300 g/mol. The quantitative estimate of drug-likeness (QED) is 0.485. The summed E-state index contributed by atoms with van der Waals surface area (Å²) in [6.07, 6.45) is 1.65. The third kappa shape index (κ3) is 3.85. The average Bonchev–Trinajstić information content (AvgIpc) is 2.68. The van der Waals surface area contributed by atoms with Gasteiger partial charge in [-0.2, -0.15) is 0 Å². The van der Waals surface area contributed by atoms with Crippen molar-refractivity contribution in [1.82, 2.24) is 0 Å². The van der Waals surface area contributed by atoms with E-state index in [0.717, 1.165) is 24.1 Å². The molecule has 1 saturated heterocycles. The molecule has 1 aliphatic heterocycles. The molecule has 4 heteroatoms. The van der Waals surface area contributed by atoms with Crippen LogP contribution in [0.5, 0.6) is 5.75 Å². The summed E-state index contributed by atoms with van der Waals surface area (Å²) in [5, 5.41) is 0. The predicted molar refractivity (Wildman–Crippen MR) is 90.3 cm³/mol. The fourth-order valence-corrected chi connectivity index (χ4v) is 2.13. The fraction of sp³-hybridized carbons (Fsp3) is 0.556. The molecule has 22 heavy (non-hydrogen) atoms. The molecule has 1 heterocycles. The molecular weight excluding hydrogens is 275 g/mol. The Bertz CT molecular complexity index is 536. The number of ether oxygens (including phenoxy) is 1. The molecular formula is C18H25BO3. The van der Waals surface area contributed by atoms with Crippen molar-refractivity contribution in [3.8, 4) is 17.6 Å². The second-order valence-corrected chi connectivity index (χ2v) is 6.46. The van der Waals surface area contributed by atoms with E-state index in [1.807, 2.05) is 31.2 Å². The van der Waals surface area contributed by atoms with Crippen molar-refractivity contribution in [2.75, 3.05) is 6.61 Å². The van der Waals surface area contributed by atoms with E-state index in [1.165, 1.54) is 0 Å². The second kappa shape index (κ2) is 6.77. The number of hydrogen-bond acceptors (Lipinski definition) is 3. The molecule has 0 saturated carbocycles. The molecule has 0 amide bonds. The molecule has 0 aliphatic carbocycles. The molecule has 3 nitrogen and oxygen atoms in total. The Balaban J connectivity index is 1.93. The Morgan fingerprint density at radius 3 is 2.14 bits per heavy atom. The number of rotatable bonds is 4. The SMILES string of the molecule is CCC#CCCOc1ccc(B2OC(C)(C)C(C)(C)O2)cc1. The van der Waals surface area contributed by atoms with E-state index in [0.29, 0.717) is 6.61 Å². The van der Waals surface area contributed by atoms with Crippen molar-refractivity contribution >= 4 is 12.6 Å². The van der Waals surface area contributed by atoms with Crippen LogP contribution in [0.4, 0.5) is 0 Å². The van der Waals surface area contributed by atoms with Crippen molar-refractivity contribution in [1.29, 1.82) is 0 Å². The lowest BCUT2D eigenvalue weighted by molar-refractivity contribution is 0.00578. The highest BCUT2D eigenvalue weighted by Crippen LogP contribution is 2.36. The van der Waals surface area contributed by atoms with E-state index in [4.69, 9.17) is 14.0 Å². The first kappa shape index (κ1) is 16.9. The van der Waals surface area contributed by atoms with Gasteiger partial charge >= 0.3 is 7.12 Å². The maximum atomic E-state index is 6.03. The standard InChI is InChI=1S/C18H25BO3/c1-6-7-8-9-14-20-16-12-10-15(11-13-16)19-21-17(2,3)18(4,5)22-19/h10-13H,6,9,14H2,1-5H3. The lowest BCUT2D eigenvalue weighted by atomic mass is 9.79. The summed E-state index contributed by atoms with van der Waals surface area (Å²) in [4.78, 5) is 0. The summed E-state index contributed by atoms with van der Waals surface area (Å²) in [7, 11) is -0.325. The van der Waals surface area contributed by atoms with Gasteiger partial charge in [0.15, 0.2) is 0 Å². The molecule has 0 atom stereocenters. The molecule has 0 bridgehead atoms. The molecule has 0 N–H and O–H groups in total. The minimum atomic E-state index is -0.325. The van der Waals surface area contributed by atoms with E-state index in [1.54, 1.807) is 0 Å². The van der Waals surface area contributed by atoms with E-state index < -0.39 is 0 Å². The summed E-state index contributed by atoms with van der Waals surface area (Å²) in [6, 6.07) is 7.89. The van der Waals surface area contributed by atoms with Crippen molar-refractivity contribution in [3.63, 3.8) is 0 Å². The van der Waals surface area contributed by atoms with Crippen LogP contribution < -0.4 is 10.2 Å². The average molecular weight is 300 g/mol. The van der Waals surface area contributed by atoms with Crippen molar-refractivity contribution in [2.24, 2.45) is 0 Å². The normalized spacial score (nSPS) is 18.7. The Kier molecular flexibility index (Phi) is 5.21. The topological polar surface area (TPSA) is 27.7 Å². The van der Waals surface area contributed by atoms with Crippen LogP contribution in [0.3, 0.4) is 0 Å². The highest BCUT2D eigenvalue weighted by Gasteiger charge is 2.51. The van der Waals surface area contributed by atoms with Gasteiger partial charge in [-0.15, -0.1) is 5.92 Å². The zero-order chi connectivity index (χ0) is 16.2. The Hall–Kier alpha value is -1.44. The highest BCUT2D eigenvalue weighted by atomic mass is 16.7. The molecule has 2 rings (SSSR count). The number of benzene rings is 1. The zero-order valence-electron chi connectivity index (χ0n) is 14.2. The largest absolute Gasteiger partial charge is 0.494 e. The van der Waals surface area contributed by atoms with Crippen LogP contribution in [0.2, 0.25) is 0 Å². The zero-order valence-corrected chi connectivity index (χ0v) is 14.2. The molecule has 0 radical (unpaired) electrons. The van der Waals surface area contributed by atoms with Crippen LogP contribution >= 0.6 is 0 Å². The van der Waals surface area contributed by atoms with E-state index in [2.05, 4.69) is 39.5 Å². The van der Waals surface area contributed by atoms with Gasteiger partial charge in [0, 0.05) is 12.8 Å². The van der Waals surface area contributed by atoms with Gasteiger partial charge in [0.05, 0.1) is 17.8 Å². The predicted octanol–water partition coefficient (Wildman–Crippen LogP) is 3.17. The smallest absolute Gasteiger partial charge is 0.493 e. The van der Waals surface area contributed by atoms with Crippen molar-refractivity contribution in [2.45, 2.75) is 58.7 Å². The molecule has 118 valence electrons. The van der Waals surface area contributed by atoms with Gasteiger partial charge in [-0.1, -0.05) is 25.0 Å². The minimum Gasteiger partial charge on any atom is -0.493 e. The lowest BCUT2D eigenvalue weighted by Crippen LogP contribution is -2.41. The second-order valence-electron chi connectivity index (χ2n) is 6.46. The van der Waals surface area contributed by atoms with Gasteiger partial charge in [0.2, 0.25) is 0 Å². The molecule has 0 unspecified atom stereocenters. The van der Waals surface area contributed by atoms with Gasteiger partial charge in [-0.25, -0.2) is 0 Å². The van der Waals surface area contributed by atoms with Crippen LogP contribution in [0.25, 0.3) is 0 Å². The van der Waals surface area contributed by atoms with E-state index >= 15 is 0 Å². The van der Waals surface area contributed by atoms with Crippen LogP contribution in [0.15, 0.2) is 24.3 Å². The maximum absolute atomic E-state index is 6.03. The van der Waals surface area contributed by atoms with Crippen LogP contribution in [0.1, 0.15) is 47.5 Å². The summed E-state index contributed by atoms with van der Waals surface area (Å²) in [6.45, 7) is 10.9. The third-order valence-electron chi connectivity index (χ3n) is 4.20. The molecule has 0 aromatic heterocycles. The van der Waals surface area contributed by atoms with Gasteiger partial charge in [-0.05, 0) is 45.3 Å². The maximum Gasteiger partial charge on any atom is 0.494 e. The Morgan fingerprint density at radius 2 is 1.59 bits per heavy atom. The number of hydrogen-bond donors (Lipinski definition) is 0. The highest BCUT2D eigenvalue weighted by molar-refractivity contribution is 6.62. The summed E-state index contributed by atoms with van der Waals surface area (Å²) in [5.74, 6) is 6.94. The van der Waals surface area contributed by atoms with Crippen LogP contribution in [0, 0.1) is 11.8 Å². The summed E-state index contributed by atoms with van der Waals surface area (Å²) >= 11 is 0. The molecule has 1 fully saturated rings. The molecule has 0 spiro atoms. The van der Waals surface area contributed by atoms with Gasteiger partial charge in [0.25, 0.3) is 0 Å². The van der Waals surface area contributed by atoms with Gasteiger partial charge < -0.3 is 14.0 Å². The Morgan fingerprint density at radius 1 is 1.00 bits per heavy atom. The summed E-state index contributed by atoms with van der Waals surface area (Å²) in [5.41, 5.74) is 0.382. The lowest BCUT2D eigenvalue weighted by Gasteiger charge is -2.32. The summed E-state index contributed by atoms with van der Waals surface area (Å²) < 4.78 is 17.7. The first-order chi connectivity index (χ1) is 10.4. The first-order valence-electron chi connectivity index (χ1n) is 7.90. The van der Waals surface area contributed by atoms with Crippen molar-refractivity contribution in [3.05, 3.63) is 24.3 Å². The van der Waals surface area contributed by atoms with Crippen LogP contribution in [-0.2, 0) is 9.31 Å². The first-order valence-corrected chi connectivity index (χ1v) is 7.90.